The van der Waals surface area contributed by atoms with Crippen LogP contribution < -0.4 is 10.2 Å². The van der Waals surface area contributed by atoms with E-state index in [0.717, 1.165) is 18.6 Å². The zero-order valence-corrected chi connectivity index (χ0v) is 11.5. The van der Waals surface area contributed by atoms with Gasteiger partial charge in [-0.2, -0.15) is 0 Å². The predicted octanol–water partition coefficient (Wildman–Crippen LogP) is 3.07. The molecule has 5 heteroatoms. The normalized spacial score (nSPS) is 26.9. The molecule has 0 aromatic heterocycles. The molecule has 1 N–H and O–H groups in total. The van der Waals surface area contributed by atoms with Gasteiger partial charge in [0.1, 0.15) is 11.5 Å². The van der Waals surface area contributed by atoms with Crippen LogP contribution in [0.5, 0.6) is 0 Å². The number of piperazine rings is 1. The van der Waals surface area contributed by atoms with Gasteiger partial charge in [0.05, 0.1) is 0 Å². The van der Waals surface area contributed by atoms with Crippen molar-refractivity contribution in [3.63, 3.8) is 0 Å². The van der Waals surface area contributed by atoms with Gasteiger partial charge in [-0.15, -0.1) is 0 Å². The minimum absolute atomic E-state index is 0.0412. The van der Waals surface area contributed by atoms with E-state index in [9.17, 15) is 13.2 Å². The van der Waals surface area contributed by atoms with Gasteiger partial charge >= 0.3 is 0 Å². The Hall–Kier alpha value is -1.23. The van der Waals surface area contributed by atoms with Gasteiger partial charge in [0.15, 0.2) is 11.6 Å². The molecule has 20 heavy (non-hydrogen) atoms. The van der Waals surface area contributed by atoms with Gasteiger partial charge < -0.3 is 10.2 Å². The molecule has 110 valence electrons. The van der Waals surface area contributed by atoms with Crippen LogP contribution in [0.4, 0.5) is 18.9 Å². The number of anilines is 1. The summed E-state index contributed by atoms with van der Waals surface area (Å²) in [5.74, 6) is -1.87. The smallest absolute Gasteiger partial charge is 0.152 e. The Morgan fingerprint density at radius 1 is 1.20 bits per heavy atom. The van der Waals surface area contributed by atoms with Gasteiger partial charge in [-0.3, -0.25) is 0 Å². The number of hydrogen-bond acceptors (Lipinski definition) is 2. The average molecular weight is 284 g/mol. The quantitative estimate of drug-likeness (QED) is 0.917. The Morgan fingerprint density at radius 3 is 2.40 bits per heavy atom. The number of benzene rings is 1. The molecule has 1 aliphatic heterocycles. The maximum absolute atomic E-state index is 14.0. The lowest BCUT2D eigenvalue weighted by Crippen LogP contribution is -2.57. The highest BCUT2D eigenvalue weighted by Crippen LogP contribution is 2.36. The number of rotatable bonds is 3. The Kier molecular flexibility index (Phi) is 3.63. The second kappa shape index (κ2) is 5.28. The molecular weight excluding hydrogens is 265 g/mol. The first-order valence-corrected chi connectivity index (χ1v) is 7.24. The van der Waals surface area contributed by atoms with Crippen LogP contribution in [0, 0.1) is 23.4 Å². The topological polar surface area (TPSA) is 15.3 Å². The van der Waals surface area contributed by atoms with E-state index in [1.54, 1.807) is 4.90 Å². The van der Waals surface area contributed by atoms with Gasteiger partial charge in [0, 0.05) is 37.3 Å². The second-order valence-electron chi connectivity index (χ2n) is 5.78. The third-order valence-corrected chi connectivity index (χ3v) is 4.38. The van der Waals surface area contributed by atoms with Crippen molar-refractivity contribution >= 4 is 5.69 Å². The maximum atomic E-state index is 14.0. The number of nitrogens with zero attached hydrogens (tertiary/aromatic N) is 1. The Labute approximate surface area is 117 Å². The highest BCUT2D eigenvalue weighted by Gasteiger charge is 2.38. The van der Waals surface area contributed by atoms with Crippen molar-refractivity contribution < 1.29 is 13.2 Å². The van der Waals surface area contributed by atoms with Crippen molar-refractivity contribution in [1.29, 1.82) is 0 Å². The van der Waals surface area contributed by atoms with Crippen molar-refractivity contribution in [1.82, 2.24) is 5.32 Å². The monoisotopic (exact) mass is 284 g/mol. The van der Waals surface area contributed by atoms with Crippen LogP contribution in [0.3, 0.4) is 0 Å². The van der Waals surface area contributed by atoms with Gasteiger partial charge in [0.25, 0.3) is 0 Å². The number of hydrogen-bond donors (Lipinski definition) is 1. The molecule has 1 saturated carbocycles. The standard InChI is InChI=1S/C15H19F3N2/c1-2-11-7-19-14(9-3-4-9)8-20(11)15-12(17)5-10(16)6-13(15)18/h5-6,9,11,14,19H,2-4,7-8H2,1H3. The first-order valence-electron chi connectivity index (χ1n) is 7.24. The summed E-state index contributed by atoms with van der Waals surface area (Å²) >= 11 is 0. The van der Waals surface area contributed by atoms with Crippen molar-refractivity contribution in [2.45, 2.75) is 38.3 Å². The van der Waals surface area contributed by atoms with Gasteiger partial charge in [-0.25, -0.2) is 13.2 Å². The van der Waals surface area contributed by atoms with Gasteiger partial charge in [-0.05, 0) is 25.2 Å². The summed E-state index contributed by atoms with van der Waals surface area (Å²) < 4.78 is 41.1. The summed E-state index contributed by atoms with van der Waals surface area (Å²) in [6.45, 7) is 3.30. The van der Waals surface area contributed by atoms with Crippen LogP contribution in [0.2, 0.25) is 0 Å². The Balaban J connectivity index is 1.92. The molecule has 0 bridgehead atoms. The molecule has 2 unspecified atom stereocenters. The van der Waals surface area contributed by atoms with E-state index in [2.05, 4.69) is 5.32 Å². The molecule has 0 amide bonds. The van der Waals surface area contributed by atoms with Crippen LogP contribution in [0.15, 0.2) is 12.1 Å². The molecule has 3 rings (SSSR count). The van der Waals surface area contributed by atoms with Crippen LogP contribution in [0.1, 0.15) is 26.2 Å². The van der Waals surface area contributed by atoms with E-state index in [0.29, 0.717) is 19.0 Å². The molecule has 0 spiro atoms. The minimum atomic E-state index is -0.870. The Bertz CT molecular complexity index is 479. The molecule has 1 aliphatic carbocycles. The first-order chi connectivity index (χ1) is 9.60. The highest BCUT2D eigenvalue weighted by atomic mass is 19.1. The summed E-state index contributed by atoms with van der Waals surface area (Å²) in [4.78, 5) is 1.78. The molecule has 2 atom stereocenters. The molecule has 2 aliphatic rings. The van der Waals surface area contributed by atoms with Crippen LogP contribution in [-0.4, -0.2) is 25.2 Å². The second-order valence-corrected chi connectivity index (χ2v) is 5.78. The summed E-state index contributed by atoms with van der Waals surface area (Å²) in [6.07, 6.45) is 3.15. The lowest BCUT2D eigenvalue weighted by Gasteiger charge is -2.42. The molecule has 1 saturated heterocycles. The van der Waals surface area contributed by atoms with Crippen molar-refractivity contribution in [2.24, 2.45) is 5.92 Å². The fourth-order valence-electron chi connectivity index (χ4n) is 3.09. The lowest BCUT2D eigenvalue weighted by molar-refractivity contribution is 0.353. The third-order valence-electron chi connectivity index (χ3n) is 4.38. The van der Waals surface area contributed by atoms with E-state index in [-0.39, 0.29) is 17.8 Å². The molecule has 1 aromatic rings. The van der Waals surface area contributed by atoms with Gasteiger partial charge in [0.2, 0.25) is 0 Å². The summed E-state index contributed by atoms with van der Waals surface area (Å²) in [5.41, 5.74) is -0.0783. The Morgan fingerprint density at radius 2 is 1.85 bits per heavy atom. The minimum Gasteiger partial charge on any atom is -0.361 e. The van der Waals surface area contributed by atoms with Crippen LogP contribution in [0.25, 0.3) is 0 Å². The number of nitrogens with one attached hydrogen (secondary N) is 1. The van der Waals surface area contributed by atoms with Crippen molar-refractivity contribution in [3.8, 4) is 0 Å². The first kappa shape index (κ1) is 13.7. The molecule has 1 aromatic carbocycles. The zero-order chi connectivity index (χ0) is 14.3. The zero-order valence-electron chi connectivity index (χ0n) is 11.5. The van der Waals surface area contributed by atoms with E-state index < -0.39 is 17.5 Å². The summed E-state index contributed by atoms with van der Waals surface area (Å²) in [7, 11) is 0. The molecule has 0 radical (unpaired) electrons. The molecule has 1 heterocycles. The highest BCUT2D eigenvalue weighted by molar-refractivity contribution is 5.51. The van der Waals surface area contributed by atoms with Crippen molar-refractivity contribution in [2.75, 3.05) is 18.0 Å². The molecule has 2 nitrogen and oxygen atoms in total. The van der Waals surface area contributed by atoms with E-state index in [4.69, 9.17) is 0 Å². The molecule has 2 fully saturated rings. The summed E-state index contributed by atoms with van der Waals surface area (Å²) in [5, 5.41) is 3.47. The van der Waals surface area contributed by atoms with E-state index in [1.807, 2.05) is 6.92 Å². The summed E-state index contributed by atoms with van der Waals surface area (Å²) in [6, 6.07) is 1.85. The average Bonchev–Trinajstić information content (AvgIpc) is 3.21. The van der Waals surface area contributed by atoms with Crippen molar-refractivity contribution in [3.05, 3.63) is 29.6 Å². The fourth-order valence-corrected chi connectivity index (χ4v) is 3.09. The number of halogens is 3. The largest absolute Gasteiger partial charge is 0.361 e. The SMILES string of the molecule is CCC1CNC(C2CC2)CN1c1c(F)cc(F)cc1F. The van der Waals surface area contributed by atoms with Crippen LogP contribution >= 0.6 is 0 Å². The lowest BCUT2D eigenvalue weighted by atomic mass is 10.0. The van der Waals surface area contributed by atoms with Crippen LogP contribution in [-0.2, 0) is 0 Å². The fraction of sp³-hybridized carbons (Fsp3) is 0.600. The van der Waals surface area contributed by atoms with Gasteiger partial charge in [-0.1, -0.05) is 6.92 Å². The maximum Gasteiger partial charge on any atom is 0.152 e. The third kappa shape index (κ3) is 2.51. The molecular formula is C15H19F3N2. The van der Waals surface area contributed by atoms with E-state index in [1.165, 1.54) is 12.8 Å². The van der Waals surface area contributed by atoms with E-state index >= 15 is 0 Å². The predicted molar refractivity (Wildman–Crippen MR) is 72.3 cm³/mol.